The van der Waals surface area contributed by atoms with Crippen molar-refractivity contribution in [2.75, 3.05) is 36.0 Å². The molecule has 9 nitrogen and oxygen atoms in total. The number of fused-ring (bicyclic) bond motifs is 1. The second-order valence-corrected chi connectivity index (χ2v) is 6.25. The Labute approximate surface area is 155 Å². The Kier molecular flexibility index (Phi) is 3.82. The zero-order valence-electron chi connectivity index (χ0n) is 14.5. The van der Waals surface area contributed by atoms with Gasteiger partial charge in [0.05, 0.1) is 12.0 Å². The van der Waals surface area contributed by atoms with Crippen LogP contribution in [-0.4, -0.2) is 61.1 Å². The molecule has 134 valence electrons. The minimum atomic E-state index is 0.691. The highest BCUT2D eigenvalue weighted by molar-refractivity contribution is 5.82. The Morgan fingerprint density at radius 3 is 2.48 bits per heavy atom. The topological polar surface area (TPSA) is 99.6 Å². The van der Waals surface area contributed by atoms with Gasteiger partial charge in [-0.1, -0.05) is 0 Å². The lowest BCUT2D eigenvalue weighted by molar-refractivity contribution is 0.636. The molecule has 0 aromatic carbocycles. The van der Waals surface area contributed by atoms with Crippen LogP contribution in [0, 0.1) is 0 Å². The third-order valence-corrected chi connectivity index (χ3v) is 4.68. The summed E-state index contributed by atoms with van der Waals surface area (Å²) in [7, 11) is 0. The van der Waals surface area contributed by atoms with Crippen molar-refractivity contribution < 1.29 is 0 Å². The van der Waals surface area contributed by atoms with Gasteiger partial charge in [0, 0.05) is 50.3 Å². The van der Waals surface area contributed by atoms with Gasteiger partial charge in [0.15, 0.2) is 11.5 Å². The first-order valence-electron chi connectivity index (χ1n) is 8.76. The van der Waals surface area contributed by atoms with E-state index in [9.17, 15) is 0 Å². The summed E-state index contributed by atoms with van der Waals surface area (Å²) in [6, 6.07) is 5.83. The average molecular weight is 359 g/mol. The van der Waals surface area contributed by atoms with Crippen LogP contribution in [0.2, 0.25) is 0 Å². The molecular weight excluding hydrogens is 342 g/mol. The van der Waals surface area contributed by atoms with E-state index in [0.717, 1.165) is 54.7 Å². The summed E-state index contributed by atoms with van der Waals surface area (Å²) in [5, 5.41) is 0. The molecule has 0 bridgehead atoms. The van der Waals surface area contributed by atoms with Crippen LogP contribution in [-0.2, 0) is 0 Å². The zero-order valence-corrected chi connectivity index (χ0v) is 14.5. The van der Waals surface area contributed by atoms with Gasteiger partial charge in [-0.05, 0) is 18.2 Å². The lowest BCUT2D eigenvalue weighted by Crippen LogP contribution is -2.47. The van der Waals surface area contributed by atoms with Crippen molar-refractivity contribution >= 4 is 22.9 Å². The second kappa shape index (κ2) is 6.60. The summed E-state index contributed by atoms with van der Waals surface area (Å²) in [4.78, 5) is 33.7. The van der Waals surface area contributed by atoms with Crippen molar-refractivity contribution in [3.63, 3.8) is 0 Å². The number of imidazole rings is 1. The van der Waals surface area contributed by atoms with E-state index in [1.165, 1.54) is 0 Å². The largest absolute Gasteiger partial charge is 0.351 e. The quantitative estimate of drug-likeness (QED) is 0.588. The number of nitrogens with zero attached hydrogens (tertiary/aromatic N) is 8. The van der Waals surface area contributed by atoms with Crippen LogP contribution >= 0.6 is 0 Å². The Morgan fingerprint density at radius 1 is 0.815 bits per heavy atom. The first-order valence-corrected chi connectivity index (χ1v) is 8.76. The van der Waals surface area contributed by atoms with Crippen LogP contribution in [0.15, 0.2) is 49.4 Å². The summed E-state index contributed by atoms with van der Waals surface area (Å²) < 4.78 is 0. The molecule has 9 heteroatoms. The van der Waals surface area contributed by atoms with E-state index < -0.39 is 0 Å². The fourth-order valence-corrected chi connectivity index (χ4v) is 3.29. The molecule has 4 aromatic heterocycles. The van der Waals surface area contributed by atoms with Crippen LogP contribution in [0.4, 0.5) is 11.8 Å². The van der Waals surface area contributed by atoms with Gasteiger partial charge in [0.25, 0.3) is 0 Å². The van der Waals surface area contributed by atoms with E-state index in [0.29, 0.717) is 5.65 Å². The number of rotatable bonds is 3. The highest BCUT2D eigenvalue weighted by Gasteiger charge is 2.22. The predicted octanol–water partition coefficient (Wildman–Crippen LogP) is 1.53. The number of aromatic nitrogens is 7. The van der Waals surface area contributed by atoms with Gasteiger partial charge in [-0.25, -0.2) is 24.9 Å². The molecule has 0 amide bonds. The van der Waals surface area contributed by atoms with E-state index in [2.05, 4.69) is 39.7 Å². The highest BCUT2D eigenvalue weighted by Crippen LogP contribution is 2.23. The minimum absolute atomic E-state index is 0.691. The Balaban J connectivity index is 1.34. The summed E-state index contributed by atoms with van der Waals surface area (Å²) in [5.41, 5.74) is 3.51. The van der Waals surface area contributed by atoms with E-state index in [-0.39, 0.29) is 0 Å². The molecule has 27 heavy (non-hydrogen) atoms. The van der Waals surface area contributed by atoms with Crippen LogP contribution in [0.3, 0.4) is 0 Å². The summed E-state index contributed by atoms with van der Waals surface area (Å²) >= 11 is 0. The maximum Gasteiger partial charge on any atom is 0.225 e. The minimum Gasteiger partial charge on any atom is -0.351 e. The molecule has 5 rings (SSSR count). The lowest BCUT2D eigenvalue weighted by Gasteiger charge is -2.35. The SMILES string of the molecule is c1cc(-c2ccnc(N3CCN(c4ncnc5nc[nH]c45)CC3)n2)ccn1. The van der Waals surface area contributed by atoms with Crippen LogP contribution in [0.1, 0.15) is 0 Å². The van der Waals surface area contributed by atoms with E-state index in [4.69, 9.17) is 4.98 Å². The third-order valence-electron chi connectivity index (χ3n) is 4.68. The first kappa shape index (κ1) is 15.6. The molecule has 1 fully saturated rings. The fourth-order valence-electron chi connectivity index (χ4n) is 3.29. The molecule has 1 aliphatic rings. The molecule has 0 aliphatic carbocycles. The molecule has 1 N–H and O–H groups in total. The number of anilines is 2. The van der Waals surface area contributed by atoms with Crippen molar-refractivity contribution in [2.24, 2.45) is 0 Å². The monoisotopic (exact) mass is 359 g/mol. The Bertz CT molecular complexity index is 1050. The molecular formula is C18H17N9. The number of piperazine rings is 1. The van der Waals surface area contributed by atoms with Gasteiger partial charge in [-0.3, -0.25) is 4.98 Å². The number of hydrogen-bond donors (Lipinski definition) is 1. The maximum atomic E-state index is 4.73. The van der Waals surface area contributed by atoms with Gasteiger partial charge in [0.1, 0.15) is 11.8 Å². The lowest BCUT2D eigenvalue weighted by atomic mass is 10.2. The number of pyridine rings is 1. The van der Waals surface area contributed by atoms with Gasteiger partial charge in [-0.2, -0.15) is 0 Å². The average Bonchev–Trinajstić information content (AvgIpc) is 3.24. The number of nitrogens with one attached hydrogen (secondary N) is 1. The van der Waals surface area contributed by atoms with Crippen LogP contribution in [0.5, 0.6) is 0 Å². The van der Waals surface area contributed by atoms with E-state index >= 15 is 0 Å². The number of aromatic amines is 1. The molecule has 0 saturated carbocycles. The zero-order chi connectivity index (χ0) is 18.1. The molecule has 0 unspecified atom stereocenters. The predicted molar refractivity (Wildman–Crippen MR) is 101 cm³/mol. The van der Waals surface area contributed by atoms with Crippen molar-refractivity contribution in [3.8, 4) is 11.3 Å². The van der Waals surface area contributed by atoms with Gasteiger partial charge < -0.3 is 14.8 Å². The van der Waals surface area contributed by atoms with E-state index in [1.807, 2.05) is 24.4 Å². The van der Waals surface area contributed by atoms with Crippen LogP contribution < -0.4 is 9.80 Å². The Hall–Kier alpha value is -3.62. The van der Waals surface area contributed by atoms with Crippen molar-refractivity contribution in [1.29, 1.82) is 0 Å². The summed E-state index contributed by atoms with van der Waals surface area (Å²) in [5.74, 6) is 1.64. The normalized spacial score (nSPS) is 14.7. The van der Waals surface area contributed by atoms with Gasteiger partial charge in [-0.15, -0.1) is 0 Å². The molecule has 0 radical (unpaired) electrons. The van der Waals surface area contributed by atoms with Crippen molar-refractivity contribution in [1.82, 2.24) is 34.9 Å². The molecule has 0 spiro atoms. The van der Waals surface area contributed by atoms with Gasteiger partial charge in [0.2, 0.25) is 5.95 Å². The maximum absolute atomic E-state index is 4.73. The number of hydrogen-bond acceptors (Lipinski definition) is 8. The number of H-pyrrole nitrogens is 1. The second-order valence-electron chi connectivity index (χ2n) is 6.25. The summed E-state index contributed by atoms with van der Waals surface area (Å²) in [6.45, 7) is 3.29. The van der Waals surface area contributed by atoms with Crippen molar-refractivity contribution in [3.05, 3.63) is 49.4 Å². The van der Waals surface area contributed by atoms with Gasteiger partial charge >= 0.3 is 0 Å². The van der Waals surface area contributed by atoms with Crippen LogP contribution in [0.25, 0.3) is 22.4 Å². The smallest absolute Gasteiger partial charge is 0.225 e. The summed E-state index contributed by atoms with van der Waals surface area (Å²) in [6.07, 6.45) is 8.56. The molecule has 4 aromatic rings. The van der Waals surface area contributed by atoms with Crippen molar-refractivity contribution in [2.45, 2.75) is 0 Å². The molecule has 1 saturated heterocycles. The first-order chi connectivity index (χ1) is 13.4. The third kappa shape index (κ3) is 2.92. The van der Waals surface area contributed by atoms with E-state index in [1.54, 1.807) is 25.0 Å². The molecule has 5 heterocycles. The fraction of sp³-hybridized carbons (Fsp3) is 0.222. The Morgan fingerprint density at radius 2 is 1.63 bits per heavy atom. The molecule has 1 aliphatic heterocycles. The highest BCUT2D eigenvalue weighted by atomic mass is 15.3. The molecule has 0 atom stereocenters. The standard InChI is InChI=1S/C18H17N9/c1-4-19-5-2-13(1)14-3-6-20-18(25-14)27-9-7-26(8-10-27)17-15-16(22-11-21-15)23-12-24-17/h1-6,11-12H,7-10H2,(H,21,22,23,24).